The number of rotatable bonds is 8. The fourth-order valence-corrected chi connectivity index (χ4v) is 1.94. The smallest absolute Gasteiger partial charge is 0.220 e. The highest BCUT2D eigenvalue weighted by Crippen LogP contribution is 2.20. The zero-order valence-electron chi connectivity index (χ0n) is 12.3. The fourth-order valence-electron chi connectivity index (χ4n) is 1.94. The van der Waals surface area contributed by atoms with Crippen molar-refractivity contribution >= 4 is 5.91 Å². The molecule has 112 valence electrons. The molecule has 1 aromatic carbocycles. The second-order valence-corrected chi connectivity index (χ2v) is 4.69. The Morgan fingerprint density at radius 1 is 1.24 bits per heavy atom. The molecule has 0 radical (unpaired) electrons. The van der Waals surface area contributed by atoms with Crippen LogP contribution in [-0.4, -0.2) is 30.5 Å². The second kappa shape index (κ2) is 8.21. The molecule has 1 amide bonds. The number of carbonyl (C=O) groups is 1. The molecule has 0 spiro atoms. The summed E-state index contributed by atoms with van der Waals surface area (Å²) in [5, 5.41) is 6.01. The van der Waals surface area contributed by atoms with Crippen LogP contribution in [0.5, 0.6) is 0 Å². The number of amides is 1. The Morgan fingerprint density at radius 2 is 2.05 bits per heavy atom. The van der Waals surface area contributed by atoms with Crippen molar-refractivity contribution in [2.75, 3.05) is 19.6 Å². The van der Waals surface area contributed by atoms with E-state index in [1.165, 1.54) is 0 Å². The molecule has 21 heavy (non-hydrogen) atoms. The van der Waals surface area contributed by atoms with Crippen LogP contribution in [0, 0.1) is 0 Å². The Kier molecular flexibility index (Phi) is 5.97. The summed E-state index contributed by atoms with van der Waals surface area (Å²) in [5.74, 6) is 1.35. The van der Waals surface area contributed by atoms with Gasteiger partial charge in [-0.15, -0.1) is 0 Å². The number of benzene rings is 1. The zero-order valence-corrected chi connectivity index (χ0v) is 12.3. The number of hydrogen-bond acceptors (Lipinski definition) is 4. The van der Waals surface area contributed by atoms with Crippen LogP contribution in [0.1, 0.15) is 19.2 Å². The van der Waals surface area contributed by atoms with E-state index in [9.17, 15) is 4.79 Å². The molecular weight excluding hydrogens is 266 g/mol. The van der Waals surface area contributed by atoms with Crippen LogP contribution in [0.25, 0.3) is 11.3 Å². The fraction of sp³-hybridized carbons (Fsp3) is 0.375. The highest BCUT2D eigenvalue weighted by molar-refractivity contribution is 5.76. The quantitative estimate of drug-likeness (QED) is 0.729. The molecule has 0 bridgehead atoms. The minimum absolute atomic E-state index is 0.0207. The molecule has 0 unspecified atom stereocenters. The van der Waals surface area contributed by atoms with Gasteiger partial charge in [-0.2, -0.15) is 0 Å². The number of hydrogen-bond donors (Lipinski definition) is 2. The summed E-state index contributed by atoms with van der Waals surface area (Å²) in [6, 6.07) is 9.80. The maximum absolute atomic E-state index is 11.6. The lowest BCUT2D eigenvalue weighted by molar-refractivity contribution is -0.121. The molecule has 2 N–H and O–H groups in total. The van der Waals surface area contributed by atoms with E-state index >= 15 is 0 Å². The number of carbonyl (C=O) groups excluding carboxylic acids is 1. The summed E-state index contributed by atoms with van der Waals surface area (Å²) in [7, 11) is 0. The van der Waals surface area contributed by atoms with Gasteiger partial charge in [0.15, 0.2) is 11.7 Å². The molecule has 0 atom stereocenters. The van der Waals surface area contributed by atoms with Gasteiger partial charge in [-0.05, 0) is 6.54 Å². The first-order chi connectivity index (χ1) is 10.3. The summed E-state index contributed by atoms with van der Waals surface area (Å²) < 4.78 is 5.66. The van der Waals surface area contributed by atoms with Gasteiger partial charge in [-0.3, -0.25) is 4.79 Å². The van der Waals surface area contributed by atoms with Gasteiger partial charge in [-0.1, -0.05) is 37.3 Å². The van der Waals surface area contributed by atoms with Gasteiger partial charge < -0.3 is 15.1 Å². The van der Waals surface area contributed by atoms with Gasteiger partial charge in [0.2, 0.25) is 5.91 Å². The van der Waals surface area contributed by atoms with Crippen LogP contribution < -0.4 is 10.6 Å². The monoisotopic (exact) mass is 287 g/mol. The van der Waals surface area contributed by atoms with E-state index in [2.05, 4.69) is 15.6 Å². The molecule has 0 fully saturated rings. The lowest BCUT2D eigenvalue weighted by Gasteiger charge is -2.04. The molecule has 0 saturated heterocycles. The van der Waals surface area contributed by atoms with Crippen LogP contribution in [0.2, 0.25) is 0 Å². The summed E-state index contributed by atoms with van der Waals surface area (Å²) in [5.41, 5.74) is 0.992. The molecular formula is C16H21N3O2. The molecule has 0 saturated carbocycles. The number of oxazole rings is 1. The lowest BCUT2D eigenvalue weighted by Crippen LogP contribution is -2.31. The average Bonchev–Trinajstić information content (AvgIpc) is 2.99. The van der Waals surface area contributed by atoms with Crippen molar-refractivity contribution in [1.29, 1.82) is 0 Å². The first kappa shape index (κ1) is 15.3. The molecule has 2 aromatic rings. The van der Waals surface area contributed by atoms with Crippen LogP contribution in [0.15, 0.2) is 40.9 Å². The minimum atomic E-state index is 0.0207. The zero-order chi connectivity index (χ0) is 14.9. The van der Waals surface area contributed by atoms with E-state index in [1.807, 2.05) is 37.3 Å². The van der Waals surface area contributed by atoms with Gasteiger partial charge in [0.25, 0.3) is 0 Å². The molecule has 5 nitrogen and oxygen atoms in total. The highest BCUT2D eigenvalue weighted by Gasteiger charge is 2.08. The third-order valence-corrected chi connectivity index (χ3v) is 3.05. The summed E-state index contributed by atoms with van der Waals surface area (Å²) in [6.07, 6.45) is 2.61. The van der Waals surface area contributed by atoms with E-state index in [4.69, 9.17) is 4.42 Å². The predicted octanol–water partition coefficient (Wildman–Crippen LogP) is 2.00. The Hall–Kier alpha value is -2.14. The van der Waals surface area contributed by atoms with Gasteiger partial charge >= 0.3 is 0 Å². The van der Waals surface area contributed by atoms with Crippen molar-refractivity contribution < 1.29 is 9.21 Å². The van der Waals surface area contributed by atoms with Crippen molar-refractivity contribution in [1.82, 2.24) is 15.6 Å². The third-order valence-electron chi connectivity index (χ3n) is 3.05. The molecule has 0 aliphatic heterocycles. The minimum Gasteiger partial charge on any atom is -0.441 e. The summed E-state index contributed by atoms with van der Waals surface area (Å²) >= 11 is 0. The normalized spacial score (nSPS) is 10.5. The molecule has 1 heterocycles. The number of likely N-dealkylation sites (N-methyl/N-ethyl adjacent to an activating group) is 1. The Balaban J connectivity index is 1.77. The van der Waals surface area contributed by atoms with Crippen molar-refractivity contribution in [3.63, 3.8) is 0 Å². The molecule has 1 aromatic heterocycles. The van der Waals surface area contributed by atoms with Crippen molar-refractivity contribution in [2.45, 2.75) is 19.8 Å². The SMILES string of the molecule is CCNCCNC(=O)CCc1ncc(-c2ccccc2)o1. The topological polar surface area (TPSA) is 67.2 Å². The van der Waals surface area contributed by atoms with Gasteiger partial charge in [0.05, 0.1) is 6.20 Å². The first-order valence-corrected chi connectivity index (χ1v) is 7.27. The standard InChI is InChI=1S/C16H21N3O2/c1-2-17-10-11-18-15(20)8-9-16-19-12-14(21-16)13-6-4-3-5-7-13/h3-7,12,17H,2,8-11H2,1H3,(H,18,20). The van der Waals surface area contributed by atoms with E-state index in [0.717, 1.165) is 24.4 Å². The number of nitrogens with one attached hydrogen (secondary N) is 2. The molecule has 0 aliphatic carbocycles. The van der Waals surface area contributed by atoms with Crippen LogP contribution in [-0.2, 0) is 11.2 Å². The Morgan fingerprint density at radius 3 is 2.81 bits per heavy atom. The van der Waals surface area contributed by atoms with Crippen LogP contribution in [0.4, 0.5) is 0 Å². The maximum atomic E-state index is 11.6. The second-order valence-electron chi connectivity index (χ2n) is 4.69. The van der Waals surface area contributed by atoms with Crippen molar-refractivity contribution in [3.05, 3.63) is 42.4 Å². The number of aromatic nitrogens is 1. The predicted molar refractivity (Wildman–Crippen MR) is 81.8 cm³/mol. The summed E-state index contributed by atoms with van der Waals surface area (Å²) in [6.45, 7) is 4.39. The number of nitrogens with zero attached hydrogens (tertiary/aromatic N) is 1. The van der Waals surface area contributed by atoms with Crippen LogP contribution >= 0.6 is 0 Å². The van der Waals surface area contributed by atoms with E-state index < -0.39 is 0 Å². The molecule has 2 rings (SSSR count). The van der Waals surface area contributed by atoms with E-state index in [1.54, 1.807) is 6.20 Å². The van der Waals surface area contributed by atoms with Gasteiger partial charge in [-0.25, -0.2) is 4.98 Å². The van der Waals surface area contributed by atoms with E-state index in [-0.39, 0.29) is 5.91 Å². The maximum Gasteiger partial charge on any atom is 0.220 e. The highest BCUT2D eigenvalue weighted by atomic mass is 16.4. The Bertz CT molecular complexity index is 552. The van der Waals surface area contributed by atoms with Gasteiger partial charge in [0.1, 0.15) is 0 Å². The van der Waals surface area contributed by atoms with Crippen molar-refractivity contribution in [3.8, 4) is 11.3 Å². The lowest BCUT2D eigenvalue weighted by atomic mass is 10.2. The molecule has 0 aliphatic rings. The summed E-state index contributed by atoms with van der Waals surface area (Å²) in [4.78, 5) is 15.9. The average molecular weight is 287 g/mol. The molecule has 5 heteroatoms. The van der Waals surface area contributed by atoms with Crippen LogP contribution in [0.3, 0.4) is 0 Å². The Labute approximate surface area is 124 Å². The largest absolute Gasteiger partial charge is 0.441 e. The van der Waals surface area contributed by atoms with Gasteiger partial charge in [0, 0.05) is 31.5 Å². The third kappa shape index (κ3) is 5.04. The van der Waals surface area contributed by atoms with Crippen molar-refractivity contribution in [2.24, 2.45) is 0 Å². The van der Waals surface area contributed by atoms with E-state index in [0.29, 0.717) is 25.3 Å². The first-order valence-electron chi connectivity index (χ1n) is 7.27. The number of aryl methyl sites for hydroxylation is 1.